The highest BCUT2D eigenvalue weighted by atomic mass is 16.5. The summed E-state index contributed by atoms with van der Waals surface area (Å²) in [7, 11) is 0. The summed E-state index contributed by atoms with van der Waals surface area (Å²) in [4.78, 5) is 12.6. The minimum atomic E-state index is -0.399. The van der Waals surface area contributed by atoms with Crippen molar-refractivity contribution in [3.8, 4) is 18.1 Å². The van der Waals surface area contributed by atoms with Crippen LogP contribution in [0.1, 0.15) is 69.4 Å². The lowest BCUT2D eigenvalue weighted by Crippen LogP contribution is -2.43. The highest BCUT2D eigenvalue weighted by Crippen LogP contribution is 2.47. The SMILES string of the molecule is C#CCCC1(CCC(=O)NC2CC3(CCCC3)Oc3ccccc32)N=N1. The van der Waals surface area contributed by atoms with Crippen molar-refractivity contribution in [1.29, 1.82) is 0 Å². The van der Waals surface area contributed by atoms with E-state index in [0.717, 1.165) is 37.0 Å². The third-order valence-corrected chi connectivity index (χ3v) is 5.85. The fraction of sp³-hybridized carbons (Fsp3) is 0.571. The quantitative estimate of drug-likeness (QED) is 0.777. The number of nitrogens with one attached hydrogen (secondary N) is 1. The average molecular weight is 351 g/mol. The Kier molecular flexibility index (Phi) is 4.44. The number of hydrogen-bond donors (Lipinski definition) is 1. The molecule has 1 aliphatic carbocycles. The third kappa shape index (κ3) is 3.46. The van der Waals surface area contributed by atoms with Gasteiger partial charge in [-0.25, -0.2) is 0 Å². The van der Waals surface area contributed by atoms with Gasteiger partial charge < -0.3 is 10.1 Å². The van der Waals surface area contributed by atoms with Crippen molar-refractivity contribution >= 4 is 5.91 Å². The molecule has 2 aliphatic heterocycles. The predicted octanol–water partition coefficient (Wildman–Crippen LogP) is 4.29. The predicted molar refractivity (Wildman–Crippen MR) is 98.7 cm³/mol. The van der Waals surface area contributed by atoms with Gasteiger partial charge in [-0.15, -0.1) is 12.3 Å². The topological polar surface area (TPSA) is 63.0 Å². The zero-order chi connectivity index (χ0) is 18.0. The molecule has 1 spiro atoms. The number of nitrogens with zero attached hydrogens (tertiary/aromatic N) is 2. The molecule has 0 saturated heterocycles. The molecule has 1 unspecified atom stereocenters. The van der Waals surface area contributed by atoms with Gasteiger partial charge in [0.25, 0.3) is 0 Å². The first kappa shape index (κ1) is 17.1. The number of carbonyl (C=O) groups is 1. The number of ether oxygens (including phenoxy) is 1. The Labute approximate surface area is 154 Å². The lowest BCUT2D eigenvalue weighted by Gasteiger charge is -2.40. The molecule has 0 radical (unpaired) electrons. The Morgan fingerprint density at radius 3 is 2.77 bits per heavy atom. The highest BCUT2D eigenvalue weighted by Gasteiger charge is 2.44. The molecule has 1 aromatic rings. The maximum absolute atomic E-state index is 12.6. The van der Waals surface area contributed by atoms with E-state index in [-0.39, 0.29) is 17.6 Å². The van der Waals surface area contributed by atoms with Crippen LogP contribution in [0.25, 0.3) is 0 Å². The maximum atomic E-state index is 12.6. The van der Waals surface area contributed by atoms with E-state index >= 15 is 0 Å². The van der Waals surface area contributed by atoms with Gasteiger partial charge >= 0.3 is 0 Å². The van der Waals surface area contributed by atoms with E-state index in [4.69, 9.17) is 11.2 Å². The van der Waals surface area contributed by atoms with Gasteiger partial charge in [-0.1, -0.05) is 18.2 Å². The van der Waals surface area contributed by atoms with Crippen LogP contribution in [0.3, 0.4) is 0 Å². The Hall–Kier alpha value is -2.35. The first-order valence-electron chi connectivity index (χ1n) is 9.59. The summed E-state index contributed by atoms with van der Waals surface area (Å²) in [5, 5.41) is 11.5. The van der Waals surface area contributed by atoms with Crippen molar-refractivity contribution in [3.63, 3.8) is 0 Å². The Bertz CT molecular complexity index is 753. The number of rotatable bonds is 6. The zero-order valence-electron chi connectivity index (χ0n) is 15.0. The standard InChI is InChI=1S/C21H25N3O2/c1-2-3-13-21(23-24-21)14-10-19(25)22-17-15-20(11-6-7-12-20)26-18-9-5-4-8-16(17)18/h1,4-5,8-9,17H,3,6-7,10-15H2,(H,22,25). The van der Waals surface area contributed by atoms with Gasteiger partial charge in [0.15, 0.2) is 5.66 Å². The molecule has 1 fully saturated rings. The fourth-order valence-electron chi connectivity index (χ4n) is 4.32. The van der Waals surface area contributed by atoms with Crippen molar-refractivity contribution in [3.05, 3.63) is 29.8 Å². The normalized spacial score (nSPS) is 23.7. The summed E-state index contributed by atoms with van der Waals surface area (Å²) < 4.78 is 6.36. The second-order valence-electron chi connectivity index (χ2n) is 7.74. The van der Waals surface area contributed by atoms with Gasteiger partial charge in [-0.05, 0) is 31.7 Å². The first-order chi connectivity index (χ1) is 12.6. The second kappa shape index (κ2) is 6.75. The van der Waals surface area contributed by atoms with Crippen LogP contribution < -0.4 is 10.1 Å². The van der Waals surface area contributed by atoms with Crippen LogP contribution in [0.5, 0.6) is 5.75 Å². The number of amides is 1. The number of fused-ring (bicyclic) bond motifs is 1. The van der Waals surface area contributed by atoms with Gasteiger partial charge in [0.1, 0.15) is 11.4 Å². The van der Waals surface area contributed by atoms with Crippen molar-refractivity contribution in [2.45, 2.75) is 75.1 Å². The van der Waals surface area contributed by atoms with Crippen molar-refractivity contribution < 1.29 is 9.53 Å². The minimum absolute atomic E-state index is 0.0142. The molecule has 26 heavy (non-hydrogen) atoms. The van der Waals surface area contributed by atoms with E-state index in [2.05, 4.69) is 27.5 Å². The molecule has 136 valence electrons. The van der Waals surface area contributed by atoms with E-state index in [1.165, 1.54) is 12.8 Å². The van der Waals surface area contributed by atoms with Crippen LogP contribution in [0.2, 0.25) is 0 Å². The van der Waals surface area contributed by atoms with E-state index in [1.807, 2.05) is 18.2 Å². The summed E-state index contributed by atoms with van der Waals surface area (Å²) in [6, 6.07) is 8.09. The van der Waals surface area contributed by atoms with Crippen molar-refractivity contribution in [2.24, 2.45) is 10.2 Å². The molecule has 1 atom stereocenters. The van der Waals surface area contributed by atoms with Crippen molar-refractivity contribution in [1.82, 2.24) is 5.32 Å². The van der Waals surface area contributed by atoms with Gasteiger partial charge in [0.2, 0.25) is 5.91 Å². The number of carbonyl (C=O) groups excluding carboxylic acids is 1. The fourth-order valence-corrected chi connectivity index (χ4v) is 4.32. The van der Waals surface area contributed by atoms with Crippen LogP contribution in [-0.4, -0.2) is 17.2 Å². The van der Waals surface area contributed by atoms with Gasteiger partial charge in [-0.3, -0.25) is 4.79 Å². The van der Waals surface area contributed by atoms with E-state index < -0.39 is 5.66 Å². The summed E-state index contributed by atoms with van der Waals surface area (Å²) in [5.41, 5.74) is 0.576. The number of hydrogen-bond acceptors (Lipinski definition) is 4. The Morgan fingerprint density at radius 1 is 1.27 bits per heavy atom. The number of terminal acetylenes is 1. The zero-order valence-corrected chi connectivity index (χ0v) is 15.0. The van der Waals surface area contributed by atoms with E-state index in [1.54, 1.807) is 0 Å². The smallest absolute Gasteiger partial charge is 0.220 e. The average Bonchev–Trinajstić information content (AvgIpc) is 3.30. The molecule has 5 heteroatoms. The van der Waals surface area contributed by atoms with E-state index in [9.17, 15) is 4.79 Å². The summed E-state index contributed by atoms with van der Waals surface area (Å²) in [5.74, 6) is 3.59. The molecule has 5 nitrogen and oxygen atoms in total. The maximum Gasteiger partial charge on any atom is 0.220 e. The molecule has 1 saturated carbocycles. The van der Waals surface area contributed by atoms with Gasteiger partial charge in [0.05, 0.1) is 6.04 Å². The van der Waals surface area contributed by atoms with Gasteiger partial charge in [0, 0.05) is 37.7 Å². The molecular formula is C21H25N3O2. The van der Waals surface area contributed by atoms with Gasteiger partial charge in [-0.2, -0.15) is 10.2 Å². The molecule has 4 rings (SSSR count). The number of para-hydroxylation sites is 1. The summed E-state index contributed by atoms with van der Waals surface area (Å²) in [6.45, 7) is 0. The molecule has 2 heterocycles. The van der Waals surface area contributed by atoms with Crippen LogP contribution in [0, 0.1) is 12.3 Å². The van der Waals surface area contributed by atoms with Crippen LogP contribution in [-0.2, 0) is 4.79 Å². The van der Waals surface area contributed by atoms with Crippen LogP contribution >= 0.6 is 0 Å². The summed E-state index contributed by atoms with van der Waals surface area (Å²) >= 11 is 0. The lowest BCUT2D eigenvalue weighted by atomic mass is 9.86. The van der Waals surface area contributed by atoms with Crippen LogP contribution in [0.15, 0.2) is 34.5 Å². The largest absolute Gasteiger partial charge is 0.487 e. The summed E-state index contributed by atoms with van der Waals surface area (Å²) in [6.07, 6.45) is 13.1. The molecule has 1 aromatic carbocycles. The molecule has 1 amide bonds. The van der Waals surface area contributed by atoms with Crippen LogP contribution in [0.4, 0.5) is 0 Å². The van der Waals surface area contributed by atoms with E-state index in [0.29, 0.717) is 19.3 Å². The highest BCUT2D eigenvalue weighted by molar-refractivity contribution is 5.76. The van der Waals surface area contributed by atoms with Crippen molar-refractivity contribution in [2.75, 3.05) is 0 Å². The molecule has 3 aliphatic rings. The molecular weight excluding hydrogens is 326 g/mol. The second-order valence-corrected chi connectivity index (χ2v) is 7.74. The molecule has 0 bridgehead atoms. The monoisotopic (exact) mass is 351 g/mol. The minimum Gasteiger partial charge on any atom is -0.487 e. The lowest BCUT2D eigenvalue weighted by molar-refractivity contribution is -0.122. The Balaban J connectivity index is 1.40. The first-order valence-corrected chi connectivity index (χ1v) is 9.59. The third-order valence-electron chi connectivity index (χ3n) is 5.85. The molecule has 0 aromatic heterocycles. The number of benzene rings is 1. The Morgan fingerprint density at radius 2 is 2.04 bits per heavy atom. The molecule has 1 N–H and O–H groups in total.